The lowest BCUT2D eigenvalue weighted by atomic mass is 9.93. The van der Waals surface area contributed by atoms with Gasteiger partial charge in [-0.25, -0.2) is 28.0 Å². The lowest BCUT2D eigenvalue weighted by molar-refractivity contribution is -0.138. The molecule has 58 heavy (non-hydrogen) atoms. The molecule has 0 saturated heterocycles. The maximum atomic E-state index is 13.5. The van der Waals surface area contributed by atoms with E-state index in [1.807, 2.05) is 0 Å². The minimum absolute atomic E-state index is 0.0642. The Bertz CT molecular complexity index is 2430. The molecule has 2 aliphatic rings. The molecule has 24 heteroatoms. The number of fused-ring (bicyclic) bond motifs is 1. The van der Waals surface area contributed by atoms with Gasteiger partial charge in [-0.15, -0.1) is 5.10 Å². The molecule has 2 aromatic carbocycles. The van der Waals surface area contributed by atoms with E-state index in [0.717, 1.165) is 35.6 Å². The average molecular weight is 889 g/mol. The van der Waals surface area contributed by atoms with Crippen LogP contribution >= 0.6 is 30.8 Å². The second-order valence-corrected chi connectivity index (χ2v) is 16.1. The summed E-state index contributed by atoms with van der Waals surface area (Å²) in [4.78, 5) is 72.1. The fraction of sp³-hybridized carbons (Fsp3) is 0.265. The molecule has 0 fully saturated rings. The number of ether oxygens (including phenoxy) is 1. The molecule has 1 aliphatic heterocycles. The molecule has 3 heterocycles. The quantitative estimate of drug-likeness (QED) is 0.0600. The summed E-state index contributed by atoms with van der Waals surface area (Å²) in [5.74, 6) is -4.39. The van der Waals surface area contributed by atoms with E-state index in [0.29, 0.717) is 46.0 Å². The zero-order valence-electron chi connectivity index (χ0n) is 30.4. The molecule has 0 spiro atoms. The van der Waals surface area contributed by atoms with Crippen molar-refractivity contribution >= 4 is 87.8 Å². The highest BCUT2D eigenvalue weighted by Gasteiger charge is 2.39. The van der Waals surface area contributed by atoms with E-state index < -0.39 is 64.9 Å². The molecule has 310 valence electrons. The predicted octanol–water partition coefficient (Wildman–Crippen LogP) is 4.53. The number of nitrogens with one attached hydrogen (secondary N) is 2. The average Bonchev–Trinajstić information content (AvgIpc) is 3.69. The van der Waals surface area contributed by atoms with Crippen molar-refractivity contribution < 1.29 is 60.6 Å². The van der Waals surface area contributed by atoms with Crippen molar-refractivity contribution in [3.8, 4) is 0 Å². The van der Waals surface area contributed by atoms with Gasteiger partial charge in [0, 0.05) is 28.1 Å². The van der Waals surface area contributed by atoms with Crippen molar-refractivity contribution in [3.63, 3.8) is 0 Å². The van der Waals surface area contributed by atoms with Crippen molar-refractivity contribution in [2.24, 2.45) is 0 Å². The van der Waals surface area contributed by atoms with Crippen molar-refractivity contribution in [1.82, 2.24) is 24.9 Å². The number of carboxylic acids is 1. The molecule has 5 N–H and O–H groups in total. The fourth-order valence-electron chi connectivity index (χ4n) is 5.19. The molecule has 6 rings (SSSR count). The van der Waals surface area contributed by atoms with Crippen LogP contribution in [0.25, 0.3) is 11.9 Å². The second kappa shape index (κ2) is 19.5. The highest BCUT2D eigenvalue weighted by atomic mass is 35.5. The lowest BCUT2D eigenvalue weighted by Crippen LogP contribution is -2.31. The minimum atomic E-state index is -4.35. The number of halogens is 4. The van der Waals surface area contributed by atoms with Crippen LogP contribution in [0.15, 0.2) is 70.0 Å². The van der Waals surface area contributed by atoms with Gasteiger partial charge in [0.1, 0.15) is 22.4 Å². The van der Waals surface area contributed by atoms with Crippen LogP contribution in [0, 0.1) is 18.6 Å². The van der Waals surface area contributed by atoms with Gasteiger partial charge in [0.2, 0.25) is 0 Å². The number of aryl methyl sites for hydroxylation is 1. The normalized spacial score (nSPS) is 14.3. The third-order valence-corrected chi connectivity index (χ3v) is 10.1. The number of aromatic nitrogens is 4. The number of nitrogens with zero attached hydrogens (tertiary/aromatic N) is 5. The van der Waals surface area contributed by atoms with Gasteiger partial charge < -0.3 is 19.6 Å². The summed E-state index contributed by atoms with van der Waals surface area (Å²) in [5.41, 5.74) is 1.88. The van der Waals surface area contributed by atoms with E-state index in [2.05, 4.69) is 20.4 Å². The van der Waals surface area contributed by atoms with Crippen molar-refractivity contribution in [1.29, 1.82) is 0 Å². The van der Waals surface area contributed by atoms with E-state index in [4.69, 9.17) is 42.8 Å². The zero-order valence-corrected chi connectivity index (χ0v) is 33.6. The van der Waals surface area contributed by atoms with Gasteiger partial charge in [-0.3, -0.25) is 29.0 Å². The molecule has 18 nitrogen and oxygen atoms in total. The van der Waals surface area contributed by atoms with Gasteiger partial charge in [-0.1, -0.05) is 29.3 Å². The largest absolute Gasteiger partial charge is 0.480 e. The number of hydrogen-bond donors (Lipinski definition) is 5. The van der Waals surface area contributed by atoms with Crippen molar-refractivity contribution in [2.75, 3.05) is 29.1 Å². The maximum absolute atomic E-state index is 13.5. The van der Waals surface area contributed by atoms with Crippen LogP contribution in [0.2, 0.25) is 5.02 Å². The van der Waals surface area contributed by atoms with Crippen LogP contribution in [0.1, 0.15) is 43.9 Å². The predicted molar refractivity (Wildman–Crippen MR) is 205 cm³/mol. The smallest absolute Gasteiger partial charge is 0.349 e. The first-order chi connectivity index (χ1) is 27.2. The Morgan fingerprint density at radius 1 is 1.03 bits per heavy atom. The molecule has 4 aromatic rings. The lowest BCUT2D eigenvalue weighted by Gasteiger charge is -2.16. The van der Waals surface area contributed by atoms with Crippen LogP contribution in [-0.4, -0.2) is 86.1 Å². The van der Waals surface area contributed by atoms with Gasteiger partial charge in [-0.2, -0.15) is 13.4 Å². The minimum Gasteiger partial charge on any atom is -0.480 e. The first-order valence-corrected chi connectivity index (χ1v) is 20.8. The third-order valence-electron chi connectivity index (χ3n) is 7.74. The number of esters is 1. The summed E-state index contributed by atoms with van der Waals surface area (Å²) in [6, 6.07) is 9.34. The number of imide groups is 1. The van der Waals surface area contributed by atoms with Crippen molar-refractivity contribution in [2.45, 2.75) is 44.7 Å². The molecule has 0 unspecified atom stereocenters. The number of sulfonamides is 1. The summed E-state index contributed by atoms with van der Waals surface area (Å²) in [6.45, 7) is 3.14. The Morgan fingerprint density at radius 2 is 1.66 bits per heavy atom. The van der Waals surface area contributed by atoms with Crippen LogP contribution in [-0.2, 0) is 38.5 Å². The Labute approximate surface area is 338 Å². The second-order valence-electron chi connectivity index (χ2n) is 12.1. The number of carbonyl (C=O) groups is 4. The number of carboxylic acid groups (broad SMARTS) is 1. The molecule has 0 saturated carbocycles. The van der Waals surface area contributed by atoms with E-state index in [9.17, 15) is 40.9 Å². The highest BCUT2D eigenvalue weighted by molar-refractivity contribution is 7.92. The molecule has 0 bridgehead atoms. The molecule has 2 amide bonds. The Balaban J connectivity index is 0.000000211. The van der Waals surface area contributed by atoms with Crippen LogP contribution in [0.4, 0.5) is 20.2 Å². The number of carbonyl (C=O) groups excluding carboxylic acids is 3. The number of para-hydroxylation sites is 1. The summed E-state index contributed by atoms with van der Waals surface area (Å²) < 4.78 is 69.2. The number of anilines is 2. The van der Waals surface area contributed by atoms with E-state index in [1.165, 1.54) is 17.2 Å². The zero-order chi connectivity index (χ0) is 42.9. The molecule has 2 aromatic heterocycles. The van der Waals surface area contributed by atoms with E-state index in [-0.39, 0.29) is 29.2 Å². The van der Waals surface area contributed by atoms with E-state index in [1.54, 1.807) is 42.8 Å². The summed E-state index contributed by atoms with van der Waals surface area (Å²) >= 11 is 12.1. The molecular weight excluding hydrogens is 854 g/mol. The molecule has 0 radical (unpaired) electrons. The van der Waals surface area contributed by atoms with E-state index >= 15 is 0 Å². The highest BCUT2D eigenvalue weighted by Crippen LogP contribution is 2.37. The first kappa shape index (κ1) is 45.6. The molecular formula is C34H34Cl2F2N7O11PS. The standard InChI is InChI=1S/C19H17Cl2NO4.C12H9F2N5O2S.C3H8NO5P/c1-2-26-19(25)16(21)10-11-9-12(7-8-15(11)20)22-17(23)13-5-3-4-6-14(13)18(22)24;1-7-5-6-19-11(15-7)16-12(17-19)22(20,21)18-10-8(13)3-2-4-9(10)14;5-3(6)1-4-2-10(7,8)9/h7-10H,2-6H2,1H3;2-6,18H,1H3;4H,1-2H2,(H,5,6)(H2,7,8,9)/b16-10-;;. The molecule has 0 atom stereocenters. The summed E-state index contributed by atoms with van der Waals surface area (Å²) in [5, 5.41) is 13.4. The van der Waals surface area contributed by atoms with Crippen LogP contribution in [0.3, 0.4) is 0 Å². The number of benzene rings is 2. The maximum Gasteiger partial charge on any atom is 0.349 e. The third kappa shape index (κ3) is 11.9. The number of hydrogen-bond acceptors (Lipinski definition) is 12. The van der Waals surface area contributed by atoms with Crippen LogP contribution < -0.4 is 14.9 Å². The summed E-state index contributed by atoms with van der Waals surface area (Å²) in [7, 11) is -8.44. The van der Waals surface area contributed by atoms with Gasteiger partial charge in [0.15, 0.2) is 0 Å². The summed E-state index contributed by atoms with van der Waals surface area (Å²) in [6.07, 6.45) is 5.33. The van der Waals surface area contributed by atoms with Gasteiger partial charge in [0.05, 0.1) is 25.1 Å². The van der Waals surface area contributed by atoms with Crippen molar-refractivity contribution in [3.05, 3.63) is 92.8 Å². The fourth-order valence-corrected chi connectivity index (χ4v) is 6.89. The molecule has 1 aliphatic carbocycles. The van der Waals surface area contributed by atoms with Crippen LogP contribution in [0.5, 0.6) is 0 Å². The number of aliphatic carboxylic acids is 1. The number of amides is 2. The topological polar surface area (TPSA) is 260 Å². The first-order valence-electron chi connectivity index (χ1n) is 16.8. The Hall–Kier alpha value is -5.15. The Morgan fingerprint density at radius 3 is 2.22 bits per heavy atom. The Kier molecular flexibility index (Phi) is 15.3. The number of rotatable bonds is 11. The monoisotopic (exact) mass is 887 g/mol. The van der Waals surface area contributed by atoms with Gasteiger partial charge in [-0.05, 0) is 87.6 Å². The van der Waals surface area contributed by atoms with Gasteiger partial charge in [0.25, 0.3) is 32.8 Å². The SMILES string of the molecule is CCOC(=O)/C(Cl)=C/c1cc(N2C(=O)C3=C(CCCC3)C2=O)ccc1Cl.Cc1ccn2nc(S(=O)(=O)Nc3c(F)cccc3F)nc2n1.O=C(O)CNCP(=O)(O)O. The van der Waals surface area contributed by atoms with Gasteiger partial charge >= 0.3 is 19.5 Å².